The highest BCUT2D eigenvalue weighted by atomic mass is 79.9. The molecule has 0 unspecified atom stereocenters. The Bertz CT molecular complexity index is 1150. The van der Waals surface area contributed by atoms with Crippen LogP contribution in [0.15, 0.2) is 70.2 Å². The second-order valence-corrected chi connectivity index (χ2v) is 8.51. The van der Waals surface area contributed by atoms with E-state index in [0.29, 0.717) is 41.5 Å². The van der Waals surface area contributed by atoms with Crippen LogP contribution < -0.4 is 25.0 Å². The van der Waals surface area contributed by atoms with Crippen LogP contribution in [0.3, 0.4) is 0 Å². The number of hydrogen-bond acceptors (Lipinski definition) is 5. The van der Waals surface area contributed by atoms with Crippen molar-refractivity contribution in [2.45, 2.75) is 27.2 Å². The molecular formula is C27H30BrN3O4. The second kappa shape index (κ2) is 13.4. The number of benzene rings is 3. The average Bonchev–Trinajstić information content (AvgIpc) is 2.83. The number of rotatable bonds is 11. The number of nitrogens with one attached hydrogen (secondary N) is 2. The van der Waals surface area contributed by atoms with Crippen molar-refractivity contribution < 1.29 is 19.0 Å². The monoisotopic (exact) mass is 539 g/mol. The van der Waals surface area contributed by atoms with Crippen LogP contribution in [0, 0.1) is 6.92 Å². The number of para-hydroxylation sites is 1. The number of anilines is 1. The standard InChI is InChI=1S/C27H30BrN3O4/c1-4-20-13-19(3)14-23(15-20)34-11-12-35-26-24(28)16-21(17-25(26)33-5-2)18-29-31-27(32)30-22-9-7-6-8-10-22/h6-10,13-18H,4-5,11-12H2,1-3H3,(H2,30,31,32)/b29-18-. The molecule has 0 radical (unpaired) electrons. The Hall–Kier alpha value is -3.52. The second-order valence-electron chi connectivity index (χ2n) is 7.66. The summed E-state index contributed by atoms with van der Waals surface area (Å²) in [6.07, 6.45) is 2.50. The number of halogens is 1. The van der Waals surface area contributed by atoms with Crippen molar-refractivity contribution in [2.24, 2.45) is 5.10 Å². The first-order valence-corrected chi connectivity index (χ1v) is 12.3. The molecule has 0 fully saturated rings. The Morgan fingerprint density at radius 1 is 1.00 bits per heavy atom. The molecule has 0 bridgehead atoms. The first kappa shape index (κ1) is 26.1. The predicted octanol–water partition coefficient (Wildman–Crippen LogP) is 6.33. The lowest BCUT2D eigenvalue weighted by Crippen LogP contribution is -2.24. The van der Waals surface area contributed by atoms with Gasteiger partial charge in [-0.05, 0) is 89.3 Å². The third-order valence-electron chi connectivity index (χ3n) is 4.86. The quantitative estimate of drug-likeness (QED) is 0.169. The zero-order valence-corrected chi connectivity index (χ0v) is 21.7. The van der Waals surface area contributed by atoms with Gasteiger partial charge in [0, 0.05) is 5.69 Å². The van der Waals surface area contributed by atoms with E-state index >= 15 is 0 Å². The Morgan fingerprint density at radius 2 is 1.77 bits per heavy atom. The van der Waals surface area contributed by atoms with E-state index in [1.807, 2.05) is 37.3 Å². The lowest BCUT2D eigenvalue weighted by molar-refractivity contribution is 0.207. The normalized spacial score (nSPS) is 10.7. The number of nitrogens with zero attached hydrogens (tertiary/aromatic N) is 1. The smallest absolute Gasteiger partial charge is 0.339 e. The van der Waals surface area contributed by atoms with Crippen LogP contribution in [-0.2, 0) is 6.42 Å². The number of aryl methyl sites for hydroxylation is 2. The Labute approximate surface area is 214 Å². The van der Waals surface area contributed by atoms with Gasteiger partial charge in [0.15, 0.2) is 11.5 Å². The summed E-state index contributed by atoms with van der Waals surface area (Å²) in [7, 11) is 0. The number of urea groups is 1. The fourth-order valence-corrected chi connectivity index (χ4v) is 3.90. The van der Waals surface area contributed by atoms with Crippen LogP contribution in [0.25, 0.3) is 0 Å². The van der Waals surface area contributed by atoms with E-state index in [1.54, 1.807) is 18.2 Å². The molecule has 0 aromatic heterocycles. The summed E-state index contributed by atoms with van der Waals surface area (Å²) in [5.74, 6) is 1.99. The maximum absolute atomic E-state index is 12.0. The van der Waals surface area contributed by atoms with Crippen molar-refractivity contribution in [3.8, 4) is 17.2 Å². The number of amides is 2. The minimum absolute atomic E-state index is 0.350. The SMILES string of the molecule is CCOc1cc(/C=N\NC(=O)Nc2ccccc2)cc(Br)c1OCCOc1cc(C)cc(CC)c1. The minimum Gasteiger partial charge on any atom is -0.490 e. The number of hydrazone groups is 1. The third kappa shape index (κ3) is 8.33. The van der Waals surface area contributed by atoms with E-state index in [4.69, 9.17) is 14.2 Å². The summed E-state index contributed by atoms with van der Waals surface area (Å²) in [6, 6.07) is 18.6. The van der Waals surface area contributed by atoms with E-state index in [9.17, 15) is 4.79 Å². The zero-order chi connectivity index (χ0) is 25.0. The van der Waals surface area contributed by atoms with Gasteiger partial charge >= 0.3 is 6.03 Å². The van der Waals surface area contributed by atoms with E-state index < -0.39 is 6.03 Å². The fraction of sp³-hybridized carbons (Fsp3) is 0.259. The van der Waals surface area contributed by atoms with Crippen LogP contribution in [0.1, 0.15) is 30.5 Å². The summed E-state index contributed by atoms with van der Waals surface area (Å²) < 4.78 is 18.3. The van der Waals surface area contributed by atoms with Gasteiger partial charge in [0.2, 0.25) is 0 Å². The number of ether oxygens (including phenoxy) is 3. The summed E-state index contributed by atoms with van der Waals surface area (Å²) >= 11 is 3.55. The van der Waals surface area contributed by atoms with Crippen molar-refractivity contribution >= 4 is 33.9 Å². The Balaban J connectivity index is 1.58. The lowest BCUT2D eigenvalue weighted by Gasteiger charge is -2.15. The minimum atomic E-state index is -0.434. The maximum Gasteiger partial charge on any atom is 0.339 e. The molecule has 2 amide bonds. The molecule has 0 saturated heterocycles. The van der Waals surface area contributed by atoms with Gasteiger partial charge in [-0.3, -0.25) is 0 Å². The topological polar surface area (TPSA) is 81.2 Å². The van der Waals surface area contributed by atoms with Crippen LogP contribution in [0.5, 0.6) is 17.2 Å². The van der Waals surface area contributed by atoms with Gasteiger partial charge in [-0.15, -0.1) is 0 Å². The van der Waals surface area contributed by atoms with E-state index in [2.05, 4.69) is 57.8 Å². The molecule has 3 aromatic carbocycles. The van der Waals surface area contributed by atoms with E-state index in [0.717, 1.165) is 17.7 Å². The predicted molar refractivity (Wildman–Crippen MR) is 143 cm³/mol. The molecule has 184 valence electrons. The van der Waals surface area contributed by atoms with Crippen molar-refractivity contribution in [2.75, 3.05) is 25.1 Å². The van der Waals surface area contributed by atoms with Crippen molar-refractivity contribution in [3.05, 3.63) is 81.8 Å². The summed E-state index contributed by atoms with van der Waals surface area (Å²) in [5, 5.41) is 6.72. The van der Waals surface area contributed by atoms with Crippen molar-refractivity contribution in [1.82, 2.24) is 5.43 Å². The molecule has 2 N–H and O–H groups in total. The summed E-state index contributed by atoms with van der Waals surface area (Å²) in [4.78, 5) is 12.0. The summed E-state index contributed by atoms with van der Waals surface area (Å²) in [6.45, 7) is 7.31. The first-order valence-electron chi connectivity index (χ1n) is 11.5. The van der Waals surface area contributed by atoms with Crippen LogP contribution >= 0.6 is 15.9 Å². The van der Waals surface area contributed by atoms with Crippen LogP contribution in [-0.4, -0.2) is 32.1 Å². The third-order valence-corrected chi connectivity index (χ3v) is 5.45. The molecular weight excluding hydrogens is 510 g/mol. The van der Waals surface area contributed by atoms with Crippen LogP contribution in [0.4, 0.5) is 10.5 Å². The largest absolute Gasteiger partial charge is 0.490 e. The molecule has 0 saturated carbocycles. The molecule has 0 aliphatic carbocycles. The molecule has 7 nitrogen and oxygen atoms in total. The van der Waals surface area contributed by atoms with E-state index in [1.165, 1.54) is 17.3 Å². The molecule has 8 heteroatoms. The van der Waals surface area contributed by atoms with Crippen molar-refractivity contribution in [3.63, 3.8) is 0 Å². The van der Waals surface area contributed by atoms with Gasteiger partial charge < -0.3 is 19.5 Å². The highest BCUT2D eigenvalue weighted by Crippen LogP contribution is 2.36. The lowest BCUT2D eigenvalue weighted by atomic mass is 10.1. The van der Waals surface area contributed by atoms with Gasteiger partial charge in [-0.25, -0.2) is 10.2 Å². The molecule has 35 heavy (non-hydrogen) atoms. The highest BCUT2D eigenvalue weighted by molar-refractivity contribution is 9.10. The van der Waals surface area contributed by atoms with Gasteiger partial charge in [-0.1, -0.05) is 31.2 Å². The molecule has 3 aromatic rings. The van der Waals surface area contributed by atoms with Crippen molar-refractivity contribution in [1.29, 1.82) is 0 Å². The molecule has 0 aliphatic heterocycles. The van der Waals surface area contributed by atoms with Gasteiger partial charge in [0.1, 0.15) is 19.0 Å². The molecule has 3 rings (SSSR count). The molecule has 0 atom stereocenters. The number of carbonyl (C=O) groups is 1. The molecule has 0 spiro atoms. The van der Waals surface area contributed by atoms with Gasteiger partial charge in [0.05, 0.1) is 17.3 Å². The zero-order valence-electron chi connectivity index (χ0n) is 20.1. The summed E-state index contributed by atoms with van der Waals surface area (Å²) in [5.41, 5.74) is 6.28. The average molecular weight is 540 g/mol. The highest BCUT2D eigenvalue weighted by Gasteiger charge is 2.12. The first-order chi connectivity index (χ1) is 17.0. The number of carbonyl (C=O) groups excluding carboxylic acids is 1. The fourth-order valence-electron chi connectivity index (χ4n) is 3.33. The molecule has 0 heterocycles. The molecule has 0 aliphatic rings. The van der Waals surface area contributed by atoms with Gasteiger partial charge in [-0.2, -0.15) is 5.10 Å². The Morgan fingerprint density at radius 3 is 2.51 bits per heavy atom. The van der Waals surface area contributed by atoms with Gasteiger partial charge in [0.25, 0.3) is 0 Å². The number of hydrogen-bond donors (Lipinski definition) is 2. The maximum atomic E-state index is 12.0. The van der Waals surface area contributed by atoms with Crippen LogP contribution in [0.2, 0.25) is 0 Å². The Kier molecular flexibility index (Phi) is 9.98. The van der Waals surface area contributed by atoms with E-state index in [-0.39, 0.29) is 0 Å².